The van der Waals surface area contributed by atoms with Crippen LogP contribution in [0.15, 0.2) is 0 Å². The predicted molar refractivity (Wildman–Crippen MR) is 42.0 cm³/mol. The van der Waals surface area contributed by atoms with Crippen molar-refractivity contribution in [1.82, 2.24) is 5.32 Å². The highest BCUT2D eigenvalue weighted by molar-refractivity contribution is 4.84. The highest BCUT2D eigenvalue weighted by Gasteiger charge is 2.28. The quantitative estimate of drug-likeness (QED) is 0.485. The average molecular weight is 138 g/mol. The van der Waals surface area contributed by atoms with Crippen LogP contribution in [0.5, 0.6) is 0 Å². The number of nitrogens with zero attached hydrogens (tertiary/aromatic N) is 1. The Hall–Kier alpha value is -0.0400. The Kier molecular flexibility index (Phi) is 1.94. The van der Waals surface area contributed by atoms with Gasteiger partial charge in [-0.05, 0) is 25.2 Å². The highest BCUT2D eigenvalue weighted by Crippen LogP contribution is 2.29. The molecule has 1 saturated carbocycles. The van der Waals surface area contributed by atoms with Gasteiger partial charge in [0.2, 0.25) is 0 Å². The van der Waals surface area contributed by atoms with E-state index in [0.29, 0.717) is 0 Å². The zero-order valence-corrected chi connectivity index (χ0v) is 6.55. The topological polar surface area (TPSA) is 14.1 Å². The van der Waals surface area contributed by atoms with Crippen molar-refractivity contribution in [1.29, 1.82) is 0 Å². The van der Waals surface area contributed by atoms with E-state index in [0.717, 1.165) is 18.5 Å². The molecule has 0 amide bonds. The number of hydrogen-bond acceptors (Lipinski definition) is 0. The summed E-state index contributed by atoms with van der Waals surface area (Å²) in [7, 11) is 0. The molecule has 0 N–H and O–H groups in total. The van der Waals surface area contributed by atoms with Crippen LogP contribution >= 0.6 is 0 Å². The minimum Gasteiger partial charge on any atom is -0.238 e. The molecule has 2 fully saturated rings. The van der Waals surface area contributed by atoms with Gasteiger partial charge in [-0.25, -0.2) is 5.32 Å². The third kappa shape index (κ3) is 1.20. The molecule has 10 heavy (non-hydrogen) atoms. The first-order chi connectivity index (χ1) is 4.97. The Morgan fingerprint density at radius 3 is 2.80 bits per heavy atom. The van der Waals surface area contributed by atoms with Gasteiger partial charge in [-0.15, -0.1) is 0 Å². The van der Waals surface area contributed by atoms with E-state index in [1.54, 1.807) is 0 Å². The van der Waals surface area contributed by atoms with Gasteiger partial charge < -0.3 is 0 Å². The highest BCUT2D eigenvalue weighted by atomic mass is 14.9. The third-order valence-electron chi connectivity index (χ3n) is 2.98. The maximum atomic E-state index is 4.62. The van der Waals surface area contributed by atoms with E-state index in [1.807, 2.05) is 0 Å². The van der Waals surface area contributed by atoms with Gasteiger partial charge in [0.15, 0.2) is 0 Å². The SMILES string of the molecule is C1CCC2CC[N]C2CC1. The third-order valence-corrected chi connectivity index (χ3v) is 2.98. The first-order valence-corrected chi connectivity index (χ1v) is 4.63. The van der Waals surface area contributed by atoms with Gasteiger partial charge >= 0.3 is 0 Å². The van der Waals surface area contributed by atoms with Gasteiger partial charge in [-0.1, -0.05) is 19.3 Å². The summed E-state index contributed by atoms with van der Waals surface area (Å²) >= 11 is 0. The largest absolute Gasteiger partial charge is 0.238 e. The van der Waals surface area contributed by atoms with Crippen LogP contribution in [0.3, 0.4) is 0 Å². The van der Waals surface area contributed by atoms with Gasteiger partial charge in [0.05, 0.1) is 0 Å². The summed E-state index contributed by atoms with van der Waals surface area (Å²) in [6.07, 6.45) is 8.62. The summed E-state index contributed by atoms with van der Waals surface area (Å²) in [4.78, 5) is 0. The zero-order valence-electron chi connectivity index (χ0n) is 6.55. The molecule has 0 aromatic carbocycles. The van der Waals surface area contributed by atoms with E-state index in [2.05, 4.69) is 5.32 Å². The minimum atomic E-state index is 0.780. The van der Waals surface area contributed by atoms with E-state index in [4.69, 9.17) is 0 Å². The first-order valence-electron chi connectivity index (χ1n) is 4.63. The molecular weight excluding hydrogens is 122 g/mol. The van der Waals surface area contributed by atoms with E-state index in [9.17, 15) is 0 Å². The molecular formula is C9H16N. The van der Waals surface area contributed by atoms with Gasteiger partial charge in [0.25, 0.3) is 0 Å². The molecule has 1 aliphatic heterocycles. The molecule has 2 aliphatic rings. The standard InChI is InChI=1S/C9H16N/c1-2-4-8-6-7-10-9(8)5-3-1/h8-9H,1-7H2. The van der Waals surface area contributed by atoms with Crippen LogP contribution in [-0.2, 0) is 0 Å². The average Bonchev–Trinajstić information content (AvgIpc) is 2.28. The molecule has 1 saturated heterocycles. The Morgan fingerprint density at radius 2 is 1.80 bits per heavy atom. The molecule has 1 heteroatoms. The lowest BCUT2D eigenvalue weighted by Gasteiger charge is -2.13. The molecule has 0 aromatic rings. The molecule has 2 rings (SSSR count). The van der Waals surface area contributed by atoms with Crippen molar-refractivity contribution in [2.75, 3.05) is 6.54 Å². The van der Waals surface area contributed by atoms with Crippen LogP contribution in [0, 0.1) is 5.92 Å². The number of hydrogen-bond donors (Lipinski definition) is 0. The molecule has 1 radical (unpaired) electrons. The van der Waals surface area contributed by atoms with Crippen LogP contribution in [0.1, 0.15) is 38.5 Å². The summed E-state index contributed by atoms with van der Waals surface area (Å²) in [5.74, 6) is 0.988. The van der Waals surface area contributed by atoms with Crippen LogP contribution < -0.4 is 5.32 Å². The van der Waals surface area contributed by atoms with Crippen molar-refractivity contribution in [3.63, 3.8) is 0 Å². The van der Waals surface area contributed by atoms with Gasteiger partial charge in [-0.2, -0.15) is 0 Å². The molecule has 0 aromatic heterocycles. The molecule has 2 atom stereocenters. The van der Waals surface area contributed by atoms with E-state index in [1.165, 1.54) is 38.5 Å². The minimum absolute atomic E-state index is 0.780. The van der Waals surface area contributed by atoms with Crippen LogP contribution in [0.4, 0.5) is 0 Å². The van der Waals surface area contributed by atoms with Crippen molar-refractivity contribution >= 4 is 0 Å². The monoisotopic (exact) mass is 138 g/mol. The lowest BCUT2D eigenvalue weighted by atomic mass is 9.96. The van der Waals surface area contributed by atoms with Crippen molar-refractivity contribution < 1.29 is 0 Å². The summed E-state index contributed by atoms with van der Waals surface area (Å²) < 4.78 is 0. The number of rotatable bonds is 0. The fourth-order valence-corrected chi connectivity index (χ4v) is 2.35. The Bertz CT molecular complexity index is 99.3. The molecule has 1 nitrogen and oxygen atoms in total. The molecule has 0 bridgehead atoms. The molecule has 2 unspecified atom stereocenters. The van der Waals surface area contributed by atoms with Crippen LogP contribution in [-0.4, -0.2) is 12.6 Å². The van der Waals surface area contributed by atoms with E-state index in [-0.39, 0.29) is 0 Å². The van der Waals surface area contributed by atoms with Crippen molar-refractivity contribution in [2.24, 2.45) is 5.92 Å². The second-order valence-corrected chi connectivity index (χ2v) is 3.66. The summed E-state index contributed by atoms with van der Waals surface area (Å²) in [6, 6.07) is 0.780. The fourth-order valence-electron chi connectivity index (χ4n) is 2.35. The molecule has 1 aliphatic carbocycles. The fraction of sp³-hybridized carbons (Fsp3) is 1.00. The Balaban J connectivity index is 1.95. The second-order valence-electron chi connectivity index (χ2n) is 3.66. The van der Waals surface area contributed by atoms with Gasteiger partial charge in [0.1, 0.15) is 0 Å². The van der Waals surface area contributed by atoms with E-state index < -0.39 is 0 Å². The molecule has 1 heterocycles. The van der Waals surface area contributed by atoms with Crippen molar-refractivity contribution in [3.8, 4) is 0 Å². The lowest BCUT2D eigenvalue weighted by Crippen LogP contribution is -2.19. The first kappa shape index (κ1) is 6.66. The van der Waals surface area contributed by atoms with Crippen molar-refractivity contribution in [3.05, 3.63) is 0 Å². The Labute approximate surface area is 63.2 Å². The van der Waals surface area contributed by atoms with E-state index >= 15 is 0 Å². The summed E-state index contributed by atoms with van der Waals surface area (Å²) in [5.41, 5.74) is 0. The van der Waals surface area contributed by atoms with Crippen LogP contribution in [0.25, 0.3) is 0 Å². The molecule has 57 valence electrons. The van der Waals surface area contributed by atoms with Crippen molar-refractivity contribution in [2.45, 2.75) is 44.6 Å². The second kappa shape index (κ2) is 2.91. The van der Waals surface area contributed by atoms with Gasteiger partial charge in [-0.3, -0.25) is 0 Å². The smallest absolute Gasteiger partial charge is 0.0274 e. The Morgan fingerprint density at radius 1 is 0.900 bits per heavy atom. The maximum Gasteiger partial charge on any atom is 0.0274 e. The summed E-state index contributed by atoms with van der Waals surface area (Å²) in [5, 5.41) is 4.62. The molecule has 0 spiro atoms. The van der Waals surface area contributed by atoms with Gasteiger partial charge in [0, 0.05) is 12.6 Å². The zero-order chi connectivity index (χ0) is 6.81. The normalized spacial score (nSPS) is 40.8. The van der Waals surface area contributed by atoms with Crippen LogP contribution in [0.2, 0.25) is 0 Å². The summed E-state index contributed by atoms with van der Waals surface area (Å²) in [6.45, 7) is 1.16. The predicted octanol–water partition coefficient (Wildman–Crippen LogP) is 1.94. The lowest BCUT2D eigenvalue weighted by molar-refractivity contribution is 0.421. The number of fused-ring (bicyclic) bond motifs is 1. The maximum absolute atomic E-state index is 4.62.